The monoisotopic (exact) mass is 494 g/mol. The van der Waals surface area contributed by atoms with Gasteiger partial charge in [0.1, 0.15) is 5.82 Å². The van der Waals surface area contributed by atoms with Crippen molar-refractivity contribution < 1.29 is 13.2 Å². The van der Waals surface area contributed by atoms with E-state index in [1.54, 1.807) is 16.4 Å². The molecule has 7 nitrogen and oxygen atoms in total. The second kappa shape index (κ2) is 9.74. The molecule has 0 radical (unpaired) electrons. The van der Waals surface area contributed by atoms with Gasteiger partial charge in [0.05, 0.1) is 15.9 Å². The van der Waals surface area contributed by atoms with Crippen molar-refractivity contribution in [2.45, 2.75) is 61.7 Å². The van der Waals surface area contributed by atoms with E-state index in [0.717, 1.165) is 43.4 Å². The van der Waals surface area contributed by atoms with Crippen molar-refractivity contribution in [3.8, 4) is 0 Å². The van der Waals surface area contributed by atoms with Crippen LogP contribution < -0.4 is 5.32 Å². The number of sulfonamides is 1. The Morgan fingerprint density at radius 1 is 1.03 bits per heavy atom. The number of hydrogen-bond acceptors (Lipinski definition) is 4. The Morgan fingerprint density at radius 3 is 2.46 bits per heavy atom. The van der Waals surface area contributed by atoms with Gasteiger partial charge in [0.2, 0.25) is 15.9 Å². The normalized spacial score (nSPS) is 18.3. The number of hydrogen-bond donors (Lipinski definition) is 1. The Morgan fingerprint density at radius 2 is 1.77 bits per heavy atom. The minimum absolute atomic E-state index is 0.0210. The van der Waals surface area contributed by atoms with Gasteiger partial charge in [-0.3, -0.25) is 4.79 Å². The Kier molecular flexibility index (Phi) is 6.68. The molecular formula is C27H34N4O3S. The van der Waals surface area contributed by atoms with Crippen LogP contribution in [0.3, 0.4) is 0 Å². The van der Waals surface area contributed by atoms with Gasteiger partial charge in [-0.05, 0) is 49.4 Å². The number of aromatic nitrogens is 2. The lowest BCUT2D eigenvalue weighted by Crippen LogP contribution is -2.45. The van der Waals surface area contributed by atoms with Crippen LogP contribution in [0, 0.1) is 0 Å². The number of benzene rings is 2. The van der Waals surface area contributed by atoms with Crippen molar-refractivity contribution in [3.05, 3.63) is 59.9 Å². The molecule has 1 amide bonds. The molecule has 3 aromatic rings. The van der Waals surface area contributed by atoms with Crippen LogP contribution in [0.2, 0.25) is 0 Å². The van der Waals surface area contributed by atoms with Gasteiger partial charge in [-0.1, -0.05) is 43.2 Å². The molecule has 1 aliphatic heterocycles. The van der Waals surface area contributed by atoms with Crippen LogP contribution in [0.15, 0.2) is 53.4 Å². The molecular weight excluding hydrogens is 460 g/mol. The summed E-state index contributed by atoms with van der Waals surface area (Å²) in [5, 5.41) is 3.15. The molecule has 0 atom stereocenters. The highest BCUT2D eigenvalue weighted by atomic mass is 32.2. The van der Waals surface area contributed by atoms with Gasteiger partial charge in [-0.25, -0.2) is 13.4 Å². The molecule has 1 saturated carbocycles. The predicted octanol–water partition coefficient (Wildman–Crippen LogP) is 3.92. The van der Waals surface area contributed by atoms with Crippen LogP contribution in [-0.4, -0.2) is 47.8 Å². The summed E-state index contributed by atoms with van der Waals surface area (Å²) in [7, 11) is -1.59. The SMILES string of the molecule is Cn1c(CCC(=O)NCC2(c3ccccc3)CCC2)nc2cc(S(=O)(=O)N3CCCCC3)ccc21. The molecule has 1 saturated heterocycles. The van der Waals surface area contributed by atoms with E-state index in [9.17, 15) is 13.2 Å². The number of amides is 1. The third-order valence-electron chi connectivity index (χ3n) is 7.79. The van der Waals surface area contributed by atoms with E-state index in [2.05, 4.69) is 34.6 Å². The van der Waals surface area contributed by atoms with E-state index >= 15 is 0 Å². The summed E-state index contributed by atoms with van der Waals surface area (Å²) in [5.74, 6) is 0.803. The van der Waals surface area contributed by atoms with Crippen molar-refractivity contribution in [2.24, 2.45) is 7.05 Å². The van der Waals surface area contributed by atoms with Crippen molar-refractivity contribution >= 4 is 27.0 Å². The van der Waals surface area contributed by atoms with Crippen LogP contribution in [0.4, 0.5) is 0 Å². The summed E-state index contributed by atoms with van der Waals surface area (Å²) in [6.07, 6.45) is 7.14. The first-order valence-electron chi connectivity index (χ1n) is 12.7. The zero-order chi connectivity index (χ0) is 24.5. The first-order chi connectivity index (χ1) is 16.9. The number of imidazole rings is 1. The predicted molar refractivity (Wildman–Crippen MR) is 137 cm³/mol. The number of fused-ring (bicyclic) bond motifs is 1. The van der Waals surface area contributed by atoms with Gasteiger partial charge >= 0.3 is 0 Å². The van der Waals surface area contributed by atoms with Crippen molar-refractivity contribution in [3.63, 3.8) is 0 Å². The number of carbonyl (C=O) groups excluding carboxylic acids is 1. The molecule has 5 rings (SSSR count). The number of nitrogens with zero attached hydrogens (tertiary/aromatic N) is 3. The lowest BCUT2D eigenvalue weighted by atomic mass is 9.64. The number of aryl methyl sites for hydroxylation is 2. The smallest absolute Gasteiger partial charge is 0.243 e. The molecule has 1 aromatic heterocycles. The fourth-order valence-corrected chi connectivity index (χ4v) is 6.95. The first kappa shape index (κ1) is 24.0. The Labute approximate surface area is 207 Å². The zero-order valence-electron chi connectivity index (χ0n) is 20.4. The second-order valence-electron chi connectivity index (χ2n) is 9.98. The van der Waals surface area contributed by atoms with E-state index in [0.29, 0.717) is 42.9 Å². The minimum Gasteiger partial charge on any atom is -0.355 e. The molecule has 2 heterocycles. The molecule has 0 unspecified atom stereocenters. The Hall–Kier alpha value is -2.71. The fourth-order valence-electron chi connectivity index (χ4n) is 5.41. The van der Waals surface area contributed by atoms with Crippen LogP contribution in [0.1, 0.15) is 56.3 Å². The average Bonchev–Trinajstić information content (AvgIpc) is 3.18. The molecule has 0 bridgehead atoms. The van der Waals surface area contributed by atoms with Crippen molar-refractivity contribution in [1.29, 1.82) is 0 Å². The third-order valence-corrected chi connectivity index (χ3v) is 9.69. The highest BCUT2D eigenvalue weighted by Crippen LogP contribution is 2.43. The highest BCUT2D eigenvalue weighted by molar-refractivity contribution is 7.89. The lowest BCUT2D eigenvalue weighted by molar-refractivity contribution is -0.121. The second-order valence-corrected chi connectivity index (χ2v) is 11.9. The largest absolute Gasteiger partial charge is 0.355 e. The highest BCUT2D eigenvalue weighted by Gasteiger charge is 2.38. The van der Waals surface area contributed by atoms with Crippen molar-refractivity contribution in [1.82, 2.24) is 19.2 Å². The van der Waals surface area contributed by atoms with Crippen LogP contribution in [-0.2, 0) is 33.7 Å². The first-order valence-corrected chi connectivity index (χ1v) is 14.1. The summed E-state index contributed by atoms with van der Waals surface area (Å²) < 4.78 is 29.7. The molecule has 1 aliphatic carbocycles. The summed E-state index contributed by atoms with van der Waals surface area (Å²) in [4.78, 5) is 17.7. The molecule has 35 heavy (non-hydrogen) atoms. The van der Waals surface area contributed by atoms with Crippen LogP contribution >= 0.6 is 0 Å². The van der Waals surface area contributed by atoms with Crippen LogP contribution in [0.5, 0.6) is 0 Å². The number of rotatable bonds is 8. The third kappa shape index (κ3) is 4.74. The quantitative estimate of drug-likeness (QED) is 0.514. The lowest BCUT2D eigenvalue weighted by Gasteiger charge is -2.42. The van der Waals surface area contributed by atoms with Gasteiger partial charge in [-0.15, -0.1) is 0 Å². The van der Waals surface area contributed by atoms with Gasteiger partial charge < -0.3 is 9.88 Å². The van der Waals surface area contributed by atoms with Gasteiger partial charge in [0.25, 0.3) is 0 Å². The average molecular weight is 495 g/mol. The zero-order valence-corrected chi connectivity index (χ0v) is 21.2. The molecule has 0 spiro atoms. The van der Waals surface area contributed by atoms with E-state index in [4.69, 9.17) is 0 Å². The maximum Gasteiger partial charge on any atom is 0.243 e. The standard InChI is InChI=1S/C27H34N4O3S/c1-30-24-12-11-22(35(33,34)31-17-6-3-7-18-31)19-23(24)29-25(30)13-14-26(32)28-20-27(15-8-16-27)21-9-4-2-5-10-21/h2,4-5,9-12,19H,3,6-8,13-18,20H2,1H3,(H,28,32). The molecule has 2 aromatic carbocycles. The van der Waals surface area contributed by atoms with E-state index in [1.807, 2.05) is 23.7 Å². The summed E-state index contributed by atoms with van der Waals surface area (Å²) in [5.41, 5.74) is 2.89. The molecule has 1 N–H and O–H groups in total. The van der Waals surface area contributed by atoms with E-state index < -0.39 is 10.0 Å². The van der Waals surface area contributed by atoms with Gasteiger partial charge in [-0.2, -0.15) is 4.31 Å². The van der Waals surface area contributed by atoms with Gasteiger partial charge in [0.15, 0.2) is 0 Å². The van der Waals surface area contributed by atoms with E-state index in [1.165, 1.54) is 12.0 Å². The topological polar surface area (TPSA) is 84.3 Å². The maximum absolute atomic E-state index is 13.1. The van der Waals surface area contributed by atoms with Crippen LogP contribution in [0.25, 0.3) is 11.0 Å². The van der Waals surface area contributed by atoms with E-state index in [-0.39, 0.29) is 11.3 Å². The van der Waals surface area contributed by atoms with Crippen molar-refractivity contribution in [2.75, 3.05) is 19.6 Å². The fraction of sp³-hybridized carbons (Fsp3) is 0.481. The number of piperidine rings is 1. The molecule has 8 heteroatoms. The summed E-state index contributed by atoms with van der Waals surface area (Å²) >= 11 is 0. The number of carbonyl (C=O) groups is 1. The Bertz CT molecular complexity index is 1310. The summed E-state index contributed by atoms with van der Waals surface area (Å²) in [6, 6.07) is 15.6. The molecule has 2 aliphatic rings. The molecule has 2 fully saturated rings. The number of nitrogens with one attached hydrogen (secondary N) is 1. The maximum atomic E-state index is 13.1. The summed E-state index contributed by atoms with van der Waals surface area (Å²) in [6.45, 7) is 1.82. The minimum atomic E-state index is -3.50. The molecule has 186 valence electrons. The van der Waals surface area contributed by atoms with Gasteiger partial charge in [0, 0.05) is 44.9 Å². The Balaban J connectivity index is 1.24.